The highest BCUT2D eigenvalue weighted by molar-refractivity contribution is 5.95. The van der Waals surface area contributed by atoms with Gasteiger partial charge in [-0.25, -0.2) is 0 Å². The topological polar surface area (TPSA) is 61.4 Å². The molecule has 0 aliphatic carbocycles. The lowest BCUT2D eigenvalue weighted by atomic mass is 9.89. The first-order valence-electron chi connectivity index (χ1n) is 5.86. The van der Waals surface area contributed by atoms with Gasteiger partial charge in [0.05, 0.1) is 12.0 Å². The first-order valence-corrected chi connectivity index (χ1v) is 5.86. The molecule has 1 aliphatic rings. The van der Waals surface area contributed by atoms with Crippen molar-refractivity contribution in [2.75, 3.05) is 18.4 Å². The fourth-order valence-corrected chi connectivity index (χ4v) is 1.99. The van der Waals surface area contributed by atoms with Crippen molar-refractivity contribution in [3.63, 3.8) is 0 Å². The number of carbonyl (C=O) groups is 1. The van der Waals surface area contributed by atoms with Crippen molar-refractivity contribution in [3.05, 3.63) is 29.8 Å². The van der Waals surface area contributed by atoms with Crippen molar-refractivity contribution in [2.45, 2.75) is 20.0 Å². The third kappa shape index (κ3) is 2.65. The third-order valence-corrected chi connectivity index (χ3v) is 3.31. The lowest BCUT2D eigenvalue weighted by Gasteiger charge is -2.21. The summed E-state index contributed by atoms with van der Waals surface area (Å²) in [5.74, 6) is 0.0549. The van der Waals surface area contributed by atoms with E-state index < -0.39 is 0 Å². The van der Waals surface area contributed by atoms with Gasteiger partial charge in [0.15, 0.2) is 0 Å². The number of nitrogens with one attached hydrogen (secondary N) is 2. The van der Waals surface area contributed by atoms with Crippen molar-refractivity contribution in [2.24, 2.45) is 5.41 Å². The zero-order valence-corrected chi connectivity index (χ0v) is 9.99. The fourth-order valence-electron chi connectivity index (χ4n) is 1.99. The molecule has 0 aromatic heterocycles. The molecule has 4 nitrogen and oxygen atoms in total. The van der Waals surface area contributed by atoms with E-state index in [4.69, 9.17) is 5.11 Å². The van der Waals surface area contributed by atoms with Crippen LogP contribution in [-0.2, 0) is 11.4 Å². The molecule has 0 bridgehead atoms. The summed E-state index contributed by atoms with van der Waals surface area (Å²) in [7, 11) is 0. The Bertz CT molecular complexity index is 394. The lowest BCUT2D eigenvalue weighted by molar-refractivity contribution is -0.123. The van der Waals surface area contributed by atoms with Gasteiger partial charge in [0.25, 0.3) is 0 Å². The Balaban J connectivity index is 2.02. The molecule has 1 atom stereocenters. The van der Waals surface area contributed by atoms with Gasteiger partial charge in [-0.2, -0.15) is 0 Å². The molecule has 1 unspecified atom stereocenters. The van der Waals surface area contributed by atoms with Crippen LogP contribution in [0, 0.1) is 5.41 Å². The van der Waals surface area contributed by atoms with Gasteiger partial charge in [-0.1, -0.05) is 12.1 Å². The van der Waals surface area contributed by atoms with Gasteiger partial charge in [0.1, 0.15) is 0 Å². The van der Waals surface area contributed by atoms with Crippen LogP contribution in [0.3, 0.4) is 0 Å². The summed E-state index contributed by atoms with van der Waals surface area (Å²) in [5.41, 5.74) is 1.31. The highest BCUT2D eigenvalue weighted by Crippen LogP contribution is 2.26. The van der Waals surface area contributed by atoms with Crippen LogP contribution in [-0.4, -0.2) is 24.1 Å². The number of hydrogen-bond donors (Lipinski definition) is 3. The van der Waals surface area contributed by atoms with E-state index in [1.54, 1.807) is 0 Å². The molecule has 1 aromatic carbocycles. The lowest BCUT2D eigenvalue weighted by Crippen LogP contribution is -2.35. The number of aliphatic hydroxyl groups excluding tert-OH is 1. The number of carbonyl (C=O) groups excluding carboxylic acids is 1. The summed E-state index contributed by atoms with van der Waals surface area (Å²) in [4.78, 5) is 12.1. The maximum absolute atomic E-state index is 12.1. The summed E-state index contributed by atoms with van der Waals surface area (Å²) in [6.45, 7) is 3.63. The minimum absolute atomic E-state index is 0.0237. The third-order valence-electron chi connectivity index (χ3n) is 3.31. The first kappa shape index (κ1) is 12.1. The van der Waals surface area contributed by atoms with E-state index in [2.05, 4.69) is 10.6 Å². The summed E-state index contributed by atoms with van der Waals surface area (Å²) in [6.07, 6.45) is 0.869. The Labute approximate surface area is 101 Å². The molecule has 1 saturated heterocycles. The Kier molecular flexibility index (Phi) is 3.45. The second-order valence-corrected chi connectivity index (χ2v) is 4.80. The Morgan fingerprint density at radius 2 is 2.18 bits per heavy atom. The monoisotopic (exact) mass is 234 g/mol. The molecule has 1 aliphatic heterocycles. The van der Waals surface area contributed by atoms with Crippen molar-refractivity contribution in [3.8, 4) is 0 Å². The van der Waals surface area contributed by atoms with Gasteiger partial charge in [-0.05, 0) is 37.6 Å². The average molecular weight is 234 g/mol. The first-order chi connectivity index (χ1) is 8.14. The molecule has 0 saturated carbocycles. The standard InChI is InChI=1S/C13H18N2O2/c1-13(6-7-14-9-13)12(17)15-11-4-2-10(8-16)3-5-11/h2-5,14,16H,6-9H2,1H3,(H,15,17). The van der Waals surface area contributed by atoms with Gasteiger partial charge in [-0.3, -0.25) is 4.79 Å². The fraction of sp³-hybridized carbons (Fsp3) is 0.462. The Morgan fingerprint density at radius 1 is 1.47 bits per heavy atom. The highest BCUT2D eigenvalue weighted by Gasteiger charge is 2.36. The van der Waals surface area contributed by atoms with Crippen LogP contribution < -0.4 is 10.6 Å². The smallest absolute Gasteiger partial charge is 0.231 e. The molecule has 0 radical (unpaired) electrons. The Hall–Kier alpha value is -1.39. The molecule has 1 aromatic rings. The predicted octanol–water partition coefficient (Wildman–Crippen LogP) is 1.12. The predicted molar refractivity (Wildman–Crippen MR) is 66.6 cm³/mol. The molecule has 1 heterocycles. The SMILES string of the molecule is CC1(C(=O)Nc2ccc(CO)cc2)CCNC1. The van der Waals surface area contributed by atoms with Crippen molar-refractivity contribution >= 4 is 11.6 Å². The summed E-state index contributed by atoms with van der Waals surface area (Å²) in [6, 6.07) is 7.25. The van der Waals surface area contributed by atoms with E-state index in [1.807, 2.05) is 31.2 Å². The van der Waals surface area contributed by atoms with E-state index in [-0.39, 0.29) is 17.9 Å². The molecule has 2 rings (SSSR count). The molecule has 3 N–H and O–H groups in total. The number of benzene rings is 1. The number of rotatable bonds is 3. The molecule has 4 heteroatoms. The molecule has 92 valence electrons. The summed E-state index contributed by atoms with van der Waals surface area (Å²) < 4.78 is 0. The largest absolute Gasteiger partial charge is 0.392 e. The Morgan fingerprint density at radius 3 is 2.71 bits per heavy atom. The van der Waals surface area contributed by atoms with E-state index in [0.717, 1.165) is 30.8 Å². The van der Waals surface area contributed by atoms with E-state index in [9.17, 15) is 4.79 Å². The maximum Gasteiger partial charge on any atom is 0.231 e. The minimum Gasteiger partial charge on any atom is -0.392 e. The average Bonchev–Trinajstić information content (AvgIpc) is 2.78. The molecule has 1 amide bonds. The van der Waals surface area contributed by atoms with Gasteiger partial charge in [0.2, 0.25) is 5.91 Å². The van der Waals surface area contributed by atoms with Crippen molar-refractivity contribution in [1.29, 1.82) is 0 Å². The summed E-state index contributed by atoms with van der Waals surface area (Å²) >= 11 is 0. The molecular weight excluding hydrogens is 216 g/mol. The highest BCUT2D eigenvalue weighted by atomic mass is 16.3. The van der Waals surface area contributed by atoms with Crippen LogP contribution in [0.2, 0.25) is 0 Å². The van der Waals surface area contributed by atoms with Crippen LogP contribution in [0.4, 0.5) is 5.69 Å². The van der Waals surface area contributed by atoms with Gasteiger partial charge in [0, 0.05) is 12.2 Å². The van der Waals surface area contributed by atoms with Gasteiger partial charge in [-0.15, -0.1) is 0 Å². The van der Waals surface area contributed by atoms with Crippen LogP contribution >= 0.6 is 0 Å². The second kappa shape index (κ2) is 4.85. The van der Waals surface area contributed by atoms with Crippen molar-refractivity contribution < 1.29 is 9.90 Å². The number of amides is 1. The number of anilines is 1. The number of hydrogen-bond acceptors (Lipinski definition) is 3. The van der Waals surface area contributed by atoms with E-state index in [0.29, 0.717) is 0 Å². The molecule has 17 heavy (non-hydrogen) atoms. The van der Waals surface area contributed by atoms with Crippen LogP contribution in [0.25, 0.3) is 0 Å². The van der Waals surface area contributed by atoms with Crippen molar-refractivity contribution in [1.82, 2.24) is 5.32 Å². The molecular formula is C13H18N2O2. The van der Waals surface area contributed by atoms with E-state index >= 15 is 0 Å². The second-order valence-electron chi connectivity index (χ2n) is 4.80. The minimum atomic E-state index is -0.310. The molecule has 1 fully saturated rings. The van der Waals surface area contributed by atoms with Crippen LogP contribution in [0.5, 0.6) is 0 Å². The number of aliphatic hydroxyl groups is 1. The van der Waals surface area contributed by atoms with Gasteiger partial charge >= 0.3 is 0 Å². The van der Waals surface area contributed by atoms with Crippen LogP contribution in [0.15, 0.2) is 24.3 Å². The van der Waals surface area contributed by atoms with Crippen LogP contribution in [0.1, 0.15) is 18.9 Å². The maximum atomic E-state index is 12.1. The zero-order chi connectivity index (χ0) is 12.3. The quantitative estimate of drug-likeness (QED) is 0.734. The zero-order valence-electron chi connectivity index (χ0n) is 9.99. The normalized spacial score (nSPS) is 23.6. The van der Waals surface area contributed by atoms with Gasteiger partial charge < -0.3 is 15.7 Å². The summed E-state index contributed by atoms with van der Waals surface area (Å²) in [5, 5.41) is 15.0. The van der Waals surface area contributed by atoms with E-state index in [1.165, 1.54) is 0 Å². The molecule has 0 spiro atoms.